The highest BCUT2D eigenvalue weighted by molar-refractivity contribution is 7.99. The van der Waals surface area contributed by atoms with Crippen molar-refractivity contribution in [2.45, 2.75) is 12.7 Å². The molecule has 0 bridgehead atoms. The van der Waals surface area contributed by atoms with Crippen LogP contribution >= 0.6 is 45.8 Å². The van der Waals surface area contributed by atoms with Crippen molar-refractivity contribution in [2.24, 2.45) is 0 Å². The van der Waals surface area contributed by atoms with E-state index in [1.54, 1.807) is 17.5 Å². The number of aromatic amines is 1. The van der Waals surface area contributed by atoms with Crippen molar-refractivity contribution in [1.82, 2.24) is 15.0 Å². The third-order valence-corrected chi connectivity index (χ3v) is 7.17. The number of thiazole rings is 1. The summed E-state index contributed by atoms with van der Waals surface area (Å²) in [6.07, 6.45) is 1.72. The van der Waals surface area contributed by atoms with E-state index in [2.05, 4.69) is 20.3 Å². The Bertz CT molecular complexity index is 1140. The predicted molar refractivity (Wildman–Crippen MR) is 115 cm³/mol. The fourth-order valence-corrected chi connectivity index (χ4v) is 5.63. The summed E-state index contributed by atoms with van der Waals surface area (Å²) in [5.74, 6) is 1.19. The van der Waals surface area contributed by atoms with Crippen molar-refractivity contribution >= 4 is 67.0 Å². The number of H-pyrrole nitrogens is 1. The van der Waals surface area contributed by atoms with Gasteiger partial charge in [0.25, 0.3) is 5.56 Å². The molecule has 4 rings (SSSR count). The van der Waals surface area contributed by atoms with Crippen LogP contribution in [0, 0.1) is 6.92 Å². The summed E-state index contributed by atoms with van der Waals surface area (Å²) in [5, 5.41) is 7.96. The van der Waals surface area contributed by atoms with Crippen LogP contribution in [-0.2, 0) is 10.5 Å². The minimum Gasteiger partial charge on any atom is -0.309 e. The second-order valence-electron chi connectivity index (χ2n) is 5.64. The Kier molecular flexibility index (Phi) is 5.39. The lowest BCUT2D eigenvalue weighted by atomic mass is 10.2. The van der Waals surface area contributed by atoms with Crippen molar-refractivity contribution in [2.75, 3.05) is 11.1 Å². The standard InChI is InChI=1S/C17H14N4O2S4/c1-9-5-18-17(27-9)21-13(22)8-24-7-12-19-15(23)14-10(6-26-16(14)20-12)11-3-2-4-25-11/h2-6H,7-8H2,1H3,(H,18,21,22)(H,19,20,23). The van der Waals surface area contributed by atoms with Crippen molar-refractivity contribution in [3.05, 3.63) is 50.1 Å². The van der Waals surface area contributed by atoms with Crippen molar-refractivity contribution in [3.8, 4) is 10.4 Å². The van der Waals surface area contributed by atoms with Gasteiger partial charge in [0.05, 0.1) is 16.9 Å². The van der Waals surface area contributed by atoms with Crippen LogP contribution in [0.4, 0.5) is 5.13 Å². The van der Waals surface area contributed by atoms with E-state index < -0.39 is 0 Å². The average Bonchev–Trinajstić information content (AvgIpc) is 3.35. The van der Waals surface area contributed by atoms with Gasteiger partial charge in [0.2, 0.25) is 5.91 Å². The number of hydrogen-bond acceptors (Lipinski definition) is 8. The van der Waals surface area contributed by atoms with E-state index in [9.17, 15) is 9.59 Å². The van der Waals surface area contributed by atoms with Crippen LogP contribution < -0.4 is 10.9 Å². The summed E-state index contributed by atoms with van der Waals surface area (Å²) in [7, 11) is 0. The number of nitrogens with zero attached hydrogens (tertiary/aromatic N) is 2. The molecule has 6 nitrogen and oxygen atoms in total. The molecule has 0 radical (unpaired) electrons. The third-order valence-electron chi connectivity index (χ3n) is 3.62. The maximum Gasteiger partial charge on any atom is 0.260 e. The fourth-order valence-electron chi connectivity index (χ4n) is 2.48. The van der Waals surface area contributed by atoms with E-state index in [4.69, 9.17) is 0 Å². The molecule has 0 atom stereocenters. The molecule has 2 N–H and O–H groups in total. The number of carbonyl (C=O) groups is 1. The molecule has 0 aromatic carbocycles. The second kappa shape index (κ2) is 7.93. The monoisotopic (exact) mass is 434 g/mol. The lowest BCUT2D eigenvalue weighted by Gasteiger charge is -2.03. The van der Waals surface area contributed by atoms with E-state index in [0.29, 0.717) is 22.1 Å². The summed E-state index contributed by atoms with van der Waals surface area (Å²) in [4.78, 5) is 38.9. The van der Waals surface area contributed by atoms with E-state index >= 15 is 0 Å². The molecule has 27 heavy (non-hydrogen) atoms. The Hall–Kier alpha value is -2.01. The molecule has 1 amide bonds. The zero-order valence-electron chi connectivity index (χ0n) is 14.1. The van der Waals surface area contributed by atoms with E-state index in [0.717, 1.165) is 20.1 Å². The Balaban J connectivity index is 1.42. The van der Waals surface area contributed by atoms with Gasteiger partial charge in [-0.05, 0) is 18.4 Å². The normalized spacial score (nSPS) is 11.1. The highest BCUT2D eigenvalue weighted by atomic mass is 32.2. The molecular formula is C17H14N4O2S4. The SMILES string of the molecule is Cc1cnc(NC(=O)CSCc2nc3scc(-c4cccs4)c3c(=O)[nH]2)s1. The van der Waals surface area contributed by atoms with Gasteiger partial charge in [-0.2, -0.15) is 0 Å². The predicted octanol–water partition coefficient (Wildman–Crippen LogP) is 4.35. The number of carbonyl (C=O) groups excluding carboxylic acids is 1. The molecule has 138 valence electrons. The molecule has 0 spiro atoms. The fraction of sp³-hybridized carbons (Fsp3) is 0.176. The quantitative estimate of drug-likeness (QED) is 0.471. The first kappa shape index (κ1) is 18.4. The molecule has 0 saturated carbocycles. The molecule has 0 fully saturated rings. The molecule has 0 aliphatic carbocycles. The van der Waals surface area contributed by atoms with Crippen molar-refractivity contribution in [3.63, 3.8) is 0 Å². The highest BCUT2D eigenvalue weighted by Crippen LogP contribution is 2.33. The van der Waals surface area contributed by atoms with E-state index in [-0.39, 0.29) is 17.2 Å². The summed E-state index contributed by atoms with van der Waals surface area (Å²) in [6, 6.07) is 3.96. The summed E-state index contributed by atoms with van der Waals surface area (Å²) in [6.45, 7) is 1.94. The Labute approximate surface area is 170 Å². The Morgan fingerprint density at radius 2 is 2.26 bits per heavy atom. The van der Waals surface area contributed by atoms with Crippen LogP contribution in [0.25, 0.3) is 20.7 Å². The van der Waals surface area contributed by atoms with Crippen LogP contribution in [-0.4, -0.2) is 26.6 Å². The van der Waals surface area contributed by atoms with Crippen LogP contribution in [0.3, 0.4) is 0 Å². The molecule has 0 aliphatic heterocycles. The number of thioether (sulfide) groups is 1. The molecule has 0 unspecified atom stereocenters. The number of fused-ring (bicyclic) bond motifs is 1. The van der Waals surface area contributed by atoms with Gasteiger partial charge in [-0.15, -0.1) is 45.8 Å². The average molecular weight is 435 g/mol. The van der Waals surface area contributed by atoms with Gasteiger partial charge in [0, 0.05) is 26.9 Å². The summed E-state index contributed by atoms with van der Waals surface area (Å²) >= 11 is 5.91. The number of amides is 1. The van der Waals surface area contributed by atoms with Gasteiger partial charge >= 0.3 is 0 Å². The summed E-state index contributed by atoms with van der Waals surface area (Å²) < 4.78 is 0. The van der Waals surface area contributed by atoms with E-state index in [1.165, 1.54) is 34.4 Å². The number of anilines is 1. The van der Waals surface area contributed by atoms with Gasteiger partial charge in [-0.1, -0.05) is 6.07 Å². The lowest BCUT2D eigenvalue weighted by Crippen LogP contribution is -2.15. The minimum atomic E-state index is -0.136. The maximum atomic E-state index is 12.5. The Morgan fingerprint density at radius 1 is 1.37 bits per heavy atom. The number of nitrogens with one attached hydrogen (secondary N) is 2. The number of thiophene rings is 2. The van der Waals surface area contributed by atoms with Crippen LogP contribution in [0.1, 0.15) is 10.7 Å². The molecule has 4 aromatic rings. The second-order valence-corrected chi connectivity index (χ2v) is 9.66. The molecule has 0 saturated heterocycles. The Morgan fingerprint density at radius 3 is 3.00 bits per heavy atom. The van der Waals surface area contributed by atoms with Gasteiger partial charge in [0.1, 0.15) is 10.7 Å². The first-order chi connectivity index (χ1) is 13.1. The largest absolute Gasteiger partial charge is 0.309 e. The molecule has 4 heterocycles. The number of hydrogen-bond donors (Lipinski definition) is 2. The molecule has 0 aliphatic rings. The topological polar surface area (TPSA) is 87.7 Å². The smallest absolute Gasteiger partial charge is 0.260 e. The molecule has 4 aromatic heterocycles. The zero-order valence-corrected chi connectivity index (χ0v) is 17.4. The van der Waals surface area contributed by atoms with Crippen molar-refractivity contribution in [1.29, 1.82) is 0 Å². The highest BCUT2D eigenvalue weighted by Gasteiger charge is 2.14. The molecular weight excluding hydrogens is 420 g/mol. The summed E-state index contributed by atoms with van der Waals surface area (Å²) in [5.41, 5.74) is 0.791. The van der Waals surface area contributed by atoms with Gasteiger partial charge in [-0.3, -0.25) is 9.59 Å². The zero-order chi connectivity index (χ0) is 18.8. The van der Waals surface area contributed by atoms with Crippen LogP contribution in [0.15, 0.2) is 33.9 Å². The first-order valence-corrected chi connectivity index (χ1v) is 11.7. The molecule has 10 heteroatoms. The van der Waals surface area contributed by atoms with Gasteiger partial charge in [0.15, 0.2) is 5.13 Å². The number of aryl methyl sites for hydroxylation is 1. The third kappa shape index (κ3) is 4.13. The van der Waals surface area contributed by atoms with Crippen LogP contribution in [0.2, 0.25) is 0 Å². The van der Waals surface area contributed by atoms with Crippen LogP contribution in [0.5, 0.6) is 0 Å². The van der Waals surface area contributed by atoms with Crippen molar-refractivity contribution < 1.29 is 4.79 Å². The first-order valence-electron chi connectivity index (χ1n) is 7.94. The minimum absolute atomic E-state index is 0.117. The van der Waals surface area contributed by atoms with Gasteiger partial charge < -0.3 is 10.3 Å². The number of rotatable bonds is 6. The number of aromatic nitrogens is 3. The maximum absolute atomic E-state index is 12.5. The van der Waals surface area contributed by atoms with Gasteiger partial charge in [-0.25, -0.2) is 9.97 Å². The lowest BCUT2D eigenvalue weighted by molar-refractivity contribution is -0.113. The van der Waals surface area contributed by atoms with E-state index in [1.807, 2.05) is 29.8 Å².